The van der Waals surface area contributed by atoms with E-state index in [1.54, 1.807) is 28.9 Å². The molecule has 0 bridgehead atoms. The lowest BCUT2D eigenvalue weighted by atomic mass is 10.0. The van der Waals surface area contributed by atoms with Gasteiger partial charge in [0.15, 0.2) is 17.8 Å². The molecule has 2 amide bonds. The van der Waals surface area contributed by atoms with Crippen LogP contribution in [0.5, 0.6) is 11.5 Å². The van der Waals surface area contributed by atoms with Gasteiger partial charge in [-0.2, -0.15) is 5.10 Å². The maximum absolute atomic E-state index is 13.0. The van der Waals surface area contributed by atoms with Gasteiger partial charge in [0.25, 0.3) is 5.91 Å². The number of hydrazine groups is 1. The molecule has 3 atom stereocenters. The second-order valence-corrected chi connectivity index (χ2v) is 8.33. The average Bonchev–Trinajstić information content (AvgIpc) is 3.57. The molecule has 3 aliphatic heterocycles. The number of hydrogen-bond donors (Lipinski definition) is 4. The van der Waals surface area contributed by atoms with Crippen molar-refractivity contribution in [2.45, 2.75) is 19.4 Å². The van der Waals surface area contributed by atoms with E-state index >= 15 is 0 Å². The van der Waals surface area contributed by atoms with E-state index in [0.29, 0.717) is 35.1 Å². The Morgan fingerprint density at radius 3 is 2.79 bits per heavy atom. The largest absolute Gasteiger partial charge is 0.454 e. The van der Waals surface area contributed by atoms with Gasteiger partial charge in [-0.3, -0.25) is 19.9 Å². The molecule has 2 fully saturated rings. The zero-order valence-electron chi connectivity index (χ0n) is 18.3. The Kier molecular flexibility index (Phi) is 4.85. The number of hydrogen-bond acceptors (Lipinski definition) is 8. The number of fused-ring (bicyclic) bond motifs is 2. The summed E-state index contributed by atoms with van der Waals surface area (Å²) in [6.45, 7) is 2.47. The van der Waals surface area contributed by atoms with Gasteiger partial charge in [0.2, 0.25) is 12.7 Å². The Hall–Kier alpha value is -4.09. The highest BCUT2D eigenvalue weighted by Gasteiger charge is 2.45. The van der Waals surface area contributed by atoms with Crippen LogP contribution in [-0.2, 0) is 4.79 Å². The summed E-state index contributed by atoms with van der Waals surface area (Å²) in [7, 11) is 0. The molecule has 2 aromatic carbocycles. The number of carbonyl (C=O) groups excluding carboxylic acids is 2. The van der Waals surface area contributed by atoms with Crippen molar-refractivity contribution in [3.8, 4) is 11.5 Å². The van der Waals surface area contributed by atoms with E-state index in [4.69, 9.17) is 9.47 Å². The number of benzene rings is 2. The van der Waals surface area contributed by atoms with E-state index in [1.807, 2.05) is 42.3 Å². The third-order valence-corrected chi connectivity index (χ3v) is 6.10. The number of aromatic nitrogens is 2. The molecule has 3 unspecified atom stereocenters. The van der Waals surface area contributed by atoms with E-state index in [1.165, 1.54) is 0 Å². The molecule has 3 aliphatic rings. The number of para-hydroxylation sites is 1. The monoisotopic (exact) mass is 461 g/mol. The molecule has 0 spiro atoms. The Bertz CT molecular complexity index is 1260. The number of nitrogens with zero attached hydrogens (tertiary/aromatic N) is 3. The fraction of sp³-hybridized carbons (Fsp3) is 0.261. The first-order chi connectivity index (χ1) is 16.6. The van der Waals surface area contributed by atoms with Gasteiger partial charge in [-0.15, -0.1) is 0 Å². The molecule has 34 heavy (non-hydrogen) atoms. The Morgan fingerprint density at radius 1 is 1.12 bits per heavy atom. The van der Waals surface area contributed by atoms with Crippen molar-refractivity contribution in [2.75, 3.05) is 23.7 Å². The van der Waals surface area contributed by atoms with Crippen LogP contribution in [0.25, 0.3) is 0 Å². The van der Waals surface area contributed by atoms with Gasteiger partial charge >= 0.3 is 0 Å². The van der Waals surface area contributed by atoms with Gasteiger partial charge in [-0.25, -0.2) is 10.1 Å². The summed E-state index contributed by atoms with van der Waals surface area (Å²) in [5.74, 6) is 0.885. The zero-order chi connectivity index (χ0) is 23.2. The number of aryl methyl sites for hydroxylation is 1. The number of nitrogens with one attached hydrogen (secondary N) is 4. The van der Waals surface area contributed by atoms with Gasteiger partial charge in [0.1, 0.15) is 12.0 Å². The van der Waals surface area contributed by atoms with Crippen LogP contribution in [0, 0.1) is 12.8 Å². The van der Waals surface area contributed by atoms with Gasteiger partial charge in [-0.1, -0.05) is 18.2 Å². The smallest absolute Gasteiger partial charge is 0.256 e. The van der Waals surface area contributed by atoms with Crippen molar-refractivity contribution in [1.82, 2.24) is 25.8 Å². The molecular weight excluding hydrogens is 438 g/mol. The number of ether oxygens (including phenoxy) is 2. The van der Waals surface area contributed by atoms with Crippen LogP contribution in [-0.4, -0.2) is 41.1 Å². The summed E-state index contributed by atoms with van der Waals surface area (Å²) in [5.41, 5.74) is 5.37. The van der Waals surface area contributed by atoms with Crippen LogP contribution in [0.4, 0.5) is 11.5 Å². The van der Waals surface area contributed by atoms with Crippen LogP contribution in [0.1, 0.15) is 22.3 Å². The summed E-state index contributed by atoms with van der Waals surface area (Å²) < 4.78 is 12.3. The molecule has 174 valence electrons. The van der Waals surface area contributed by atoms with Crippen LogP contribution >= 0.6 is 0 Å². The maximum atomic E-state index is 13.0. The first-order valence-electron chi connectivity index (χ1n) is 11.0. The SMILES string of the molecule is Cc1cc(NC(=O)c2ccc3c(c2)OCO3)n(C2NC(=O)C3CNN(c4ccccc4)C3N2)n1. The molecule has 3 aromatic rings. The maximum Gasteiger partial charge on any atom is 0.256 e. The van der Waals surface area contributed by atoms with Gasteiger partial charge in [-0.05, 0) is 37.3 Å². The van der Waals surface area contributed by atoms with E-state index < -0.39 is 6.29 Å². The minimum atomic E-state index is -0.652. The fourth-order valence-corrected chi connectivity index (χ4v) is 4.46. The molecule has 1 aromatic heterocycles. The molecule has 4 N–H and O–H groups in total. The molecule has 2 saturated heterocycles. The highest BCUT2D eigenvalue weighted by molar-refractivity contribution is 6.04. The highest BCUT2D eigenvalue weighted by atomic mass is 16.7. The van der Waals surface area contributed by atoms with Crippen LogP contribution < -0.4 is 35.9 Å². The van der Waals surface area contributed by atoms with Crippen molar-refractivity contribution >= 4 is 23.3 Å². The number of rotatable bonds is 4. The first kappa shape index (κ1) is 20.5. The Labute approximate surface area is 195 Å². The standard InChI is InChI=1S/C23H23N7O4/c1-13-9-19(25-21(31)14-7-8-17-18(10-14)34-12-33-17)30(28-13)23-26-20-16(22(32)27-23)11-24-29(20)15-5-3-2-4-6-15/h2-10,16,20,23-24,26H,11-12H2,1H3,(H,25,31)(H,27,32). The summed E-state index contributed by atoms with van der Waals surface area (Å²) in [6, 6.07) is 16.6. The lowest BCUT2D eigenvalue weighted by molar-refractivity contribution is -0.129. The van der Waals surface area contributed by atoms with Crippen molar-refractivity contribution in [3.05, 3.63) is 65.9 Å². The molecule has 4 heterocycles. The van der Waals surface area contributed by atoms with Crippen molar-refractivity contribution in [1.29, 1.82) is 0 Å². The van der Waals surface area contributed by atoms with Crippen molar-refractivity contribution in [2.24, 2.45) is 5.92 Å². The predicted molar refractivity (Wildman–Crippen MR) is 122 cm³/mol. The molecular formula is C23H23N7O4. The van der Waals surface area contributed by atoms with E-state index in [0.717, 1.165) is 5.69 Å². The lowest BCUT2D eigenvalue weighted by Gasteiger charge is -2.37. The lowest BCUT2D eigenvalue weighted by Crippen LogP contribution is -2.61. The van der Waals surface area contributed by atoms with Crippen LogP contribution in [0.15, 0.2) is 54.6 Å². The average molecular weight is 461 g/mol. The number of anilines is 2. The highest BCUT2D eigenvalue weighted by Crippen LogP contribution is 2.33. The zero-order valence-corrected chi connectivity index (χ0v) is 18.3. The van der Waals surface area contributed by atoms with Crippen molar-refractivity contribution < 1.29 is 19.1 Å². The summed E-state index contributed by atoms with van der Waals surface area (Å²) in [4.78, 5) is 25.9. The second-order valence-electron chi connectivity index (χ2n) is 8.33. The Morgan fingerprint density at radius 2 is 1.94 bits per heavy atom. The predicted octanol–water partition coefficient (Wildman–Crippen LogP) is 1.32. The minimum absolute atomic E-state index is 0.0964. The fourth-order valence-electron chi connectivity index (χ4n) is 4.46. The second kappa shape index (κ2) is 8.04. The molecule has 6 rings (SSSR count). The van der Waals surface area contributed by atoms with E-state index in [-0.39, 0.29) is 30.7 Å². The number of carbonyl (C=O) groups is 2. The number of amides is 2. The molecule has 0 aliphatic carbocycles. The van der Waals surface area contributed by atoms with Gasteiger partial charge < -0.3 is 20.1 Å². The minimum Gasteiger partial charge on any atom is -0.454 e. The molecule has 0 radical (unpaired) electrons. The van der Waals surface area contributed by atoms with Crippen LogP contribution in [0.3, 0.4) is 0 Å². The van der Waals surface area contributed by atoms with E-state index in [9.17, 15) is 9.59 Å². The van der Waals surface area contributed by atoms with Crippen LogP contribution in [0.2, 0.25) is 0 Å². The summed E-state index contributed by atoms with van der Waals surface area (Å²) in [6.07, 6.45) is -0.941. The quantitative estimate of drug-likeness (QED) is 0.459. The molecule has 11 heteroatoms. The Balaban J connectivity index is 1.25. The van der Waals surface area contributed by atoms with Gasteiger partial charge in [0.05, 0.1) is 17.3 Å². The van der Waals surface area contributed by atoms with Crippen molar-refractivity contribution in [3.63, 3.8) is 0 Å². The normalized spacial score (nSPS) is 22.9. The molecule has 0 saturated carbocycles. The van der Waals surface area contributed by atoms with E-state index in [2.05, 4.69) is 26.5 Å². The summed E-state index contributed by atoms with van der Waals surface area (Å²) in [5, 5.41) is 15.8. The molecule has 11 nitrogen and oxygen atoms in total. The third-order valence-electron chi connectivity index (χ3n) is 6.10. The van der Waals surface area contributed by atoms with Gasteiger partial charge in [0, 0.05) is 18.2 Å². The third kappa shape index (κ3) is 3.51. The summed E-state index contributed by atoms with van der Waals surface area (Å²) >= 11 is 0. The first-order valence-corrected chi connectivity index (χ1v) is 11.0. The topological polar surface area (TPSA) is 122 Å².